The summed E-state index contributed by atoms with van der Waals surface area (Å²) in [5.74, 6) is -1.00. The molecule has 0 spiro atoms. The minimum absolute atomic E-state index is 0.0778. The highest BCUT2D eigenvalue weighted by atomic mass is 16.5. The van der Waals surface area contributed by atoms with Gasteiger partial charge in [-0.2, -0.15) is 0 Å². The van der Waals surface area contributed by atoms with E-state index < -0.39 is 11.4 Å². The number of nitrogens with zero attached hydrogens (tertiary/aromatic N) is 1. The lowest BCUT2D eigenvalue weighted by Crippen LogP contribution is -2.44. The van der Waals surface area contributed by atoms with Gasteiger partial charge in [-0.05, 0) is 20.3 Å². The summed E-state index contributed by atoms with van der Waals surface area (Å²) in [7, 11) is 3.71. The maximum absolute atomic E-state index is 11.7. The van der Waals surface area contributed by atoms with Crippen molar-refractivity contribution in [3.05, 3.63) is 0 Å². The van der Waals surface area contributed by atoms with Crippen molar-refractivity contribution < 1.29 is 23.9 Å². The van der Waals surface area contributed by atoms with Gasteiger partial charge in [0.2, 0.25) is 0 Å². The lowest BCUT2D eigenvalue weighted by molar-refractivity contribution is -0.883. The van der Waals surface area contributed by atoms with Crippen LogP contribution in [-0.2, 0) is 14.3 Å². The van der Waals surface area contributed by atoms with E-state index in [4.69, 9.17) is 9.84 Å². The molecule has 0 aromatic rings. The highest BCUT2D eigenvalue weighted by molar-refractivity contribution is 5.75. The summed E-state index contributed by atoms with van der Waals surface area (Å²) in [5.41, 5.74) is -0.439. The van der Waals surface area contributed by atoms with E-state index in [1.165, 1.54) is 0 Å². The van der Waals surface area contributed by atoms with Crippen LogP contribution in [0.2, 0.25) is 0 Å². The van der Waals surface area contributed by atoms with Crippen molar-refractivity contribution in [1.29, 1.82) is 0 Å². The first kappa shape index (κ1) is 16.9. The van der Waals surface area contributed by atoms with Crippen molar-refractivity contribution in [2.24, 2.45) is 5.41 Å². The second-order valence-corrected chi connectivity index (χ2v) is 5.94. The first-order valence-electron chi connectivity index (χ1n) is 6.32. The Kier molecular flexibility index (Phi) is 6.32. The third kappa shape index (κ3) is 6.59. The number of carboxylic acid groups (broad SMARTS) is 1. The maximum Gasteiger partial charge on any atom is 0.359 e. The van der Waals surface area contributed by atoms with E-state index in [1.54, 1.807) is 0 Å². The highest BCUT2D eigenvalue weighted by Crippen LogP contribution is 2.21. The summed E-state index contributed by atoms with van der Waals surface area (Å²) in [6.45, 7) is 6.78. The first-order valence-corrected chi connectivity index (χ1v) is 6.32. The number of likely N-dealkylation sites (N-methyl/N-ethyl adjacent to an activating group) is 1. The third-order valence-electron chi connectivity index (χ3n) is 3.14. The minimum Gasteiger partial charge on any atom is -0.477 e. The second kappa shape index (κ2) is 6.73. The molecular formula is C13H26NO4+. The van der Waals surface area contributed by atoms with Gasteiger partial charge in [-0.3, -0.25) is 4.79 Å². The number of rotatable bonds is 8. The Balaban J connectivity index is 3.94. The second-order valence-electron chi connectivity index (χ2n) is 5.94. The predicted octanol–water partition coefficient (Wildman–Crippen LogP) is 1.52. The van der Waals surface area contributed by atoms with Crippen LogP contribution in [0.1, 0.15) is 33.6 Å². The van der Waals surface area contributed by atoms with Gasteiger partial charge >= 0.3 is 11.9 Å². The first-order chi connectivity index (χ1) is 8.10. The molecule has 106 valence electrons. The van der Waals surface area contributed by atoms with E-state index in [2.05, 4.69) is 0 Å². The largest absolute Gasteiger partial charge is 0.477 e. The Labute approximate surface area is 109 Å². The lowest BCUT2D eigenvalue weighted by Gasteiger charge is -2.28. The molecule has 0 aliphatic rings. The normalized spacial score (nSPS) is 12.3. The maximum atomic E-state index is 11.7. The lowest BCUT2D eigenvalue weighted by atomic mass is 9.91. The van der Waals surface area contributed by atoms with Crippen LogP contribution in [0.5, 0.6) is 0 Å². The Morgan fingerprint density at radius 3 is 2.28 bits per heavy atom. The zero-order valence-electron chi connectivity index (χ0n) is 12.2. The zero-order chi connectivity index (χ0) is 14.4. The zero-order valence-corrected chi connectivity index (χ0v) is 12.2. The molecule has 0 heterocycles. The van der Waals surface area contributed by atoms with E-state index in [0.29, 0.717) is 24.1 Å². The van der Waals surface area contributed by atoms with Gasteiger partial charge < -0.3 is 14.3 Å². The monoisotopic (exact) mass is 260 g/mol. The van der Waals surface area contributed by atoms with Crippen LogP contribution in [0, 0.1) is 5.41 Å². The van der Waals surface area contributed by atoms with Gasteiger partial charge in [0.05, 0.1) is 32.7 Å². The molecule has 0 aliphatic carbocycles. The summed E-state index contributed by atoms with van der Waals surface area (Å²) >= 11 is 0. The molecular weight excluding hydrogens is 234 g/mol. The number of esters is 1. The third-order valence-corrected chi connectivity index (χ3v) is 3.14. The molecule has 5 heteroatoms. The molecule has 1 N–H and O–H groups in total. The molecule has 0 saturated heterocycles. The standard InChI is InChI=1S/C13H25NO4/c1-6-13(2,3)12(17)18-9-7-8-14(4,5)10-11(15)16/h6-10H2,1-5H3/p+1. The van der Waals surface area contributed by atoms with Crippen molar-refractivity contribution in [1.82, 2.24) is 0 Å². The Morgan fingerprint density at radius 2 is 1.83 bits per heavy atom. The van der Waals surface area contributed by atoms with Crippen LogP contribution in [0.3, 0.4) is 0 Å². The molecule has 0 bridgehead atoms. The molecule has 0 aliphatic heterocycles. The number of carbonyl (C=O) groups is 2. The van der Waals surface area contributed by atoms with Crippen molar-refractivity contribution in [3.8, 4) is 0 Å². The summed E-state index contributed by atoms with van der Waals surface area (Å²) in [4.78, 5) is 22.3. The van der Waals surface area contributed by atoms with Gasteiger partial charge in [0.15, 0.2) is 6.54 Å². The number of carboxylic acids is 1. The van der Waals surface area contributed by atoms with E-state index >= 15 is 0 Å². The van der Waals surface area contributed by atoms with Crippen LogP contribution >= 0.6 is 0 Å². The Bertz CT molecular complexity index is 297. The molecule has 0 aromatic heterocycles. The molecule has 18 heavy (non-hydrogen) atoms. The van der Waals surface area contributed by atoms with E-state index in [1.807, 2.05) is 34.9 Å². The van der Waals surface area contributed by atoms with E-state index in [0.717, 1.165) is 6.42 Å². The Morgan fingerprint density at radius 1 is 1.28 bits per heavy atom. The van der Waals surface area contributed by atoms with Gasteiger partial charge in [-0.25, -0.2) is 4.79 Å². The quantitative estimate of drug-likeness (QED) is 0.408. The van der Waals surface area contributed by atoms with E-state index in [-0.39, 0.29) is 12.5 Å². The van der Waals surface area contributed by atoms with Gasteiger partial charge in [0.25, 0.3) is 0 Å². The molecule has 0 unspecified atom stereocenters. The van der Waals surface area contributed by atoms with Crippen LogP contribution in [0.25, 0.3) is 0 Å². The number of ether oxygens (including phenoxy) is 1. The van der Waals surface area contributed by atoms with Crippen LogP contribution in [0.4, 0.5) is 0 Å². The molecule has 0 saturated carbocycles. The predicted molar refractivity (Wildman–Crippen MR) is 69.1 cm³/mol. The summed E-state index contributed by atoms with van der Waals surface area (Å²) < 4.78 is 5.59. The fourth-order valence-electron chi connectivity index (χ4n) is 1.44. The van der Waals surface area contributed by atoms with Gasteiger partial charge in [-0.15, -0.1) is 0 Å². The molecule has 0 radical (unpaired) electrons. The van der Waals surface area contributed by atoms with Crippen LogP contribution < -0.4 is 0 Å². The molecule has 0 rings (SSSR count). The van der Waals surface area contributed by atoms with E-state index in [9.17, 15) is 9.59 Å². The highest BCUT2D eigenvalue weighted by Gasteiger charge is 2.27. The number of hydrogen-bond acceptors (Lipinski definition) is 3. The molecule has 0 aromatic carbocycles. The minimum atomic E-state index is -0.816. The fourth-order valence-corrected chi connectivity index (χ4v) is 1.44. The number of carbonyl (C=O) groups excluding carboxylic acids is 1. The molecule has 5 nitrogen and oxygen atoms in total. The summed E-state index contributed by atoms with van der Waals surface area (Å²) in [5, 5.41) is 8.73. The van der Waals surface area contributed by atoms with Crippen molar-refractivity contribution in [2.75, 3.05) is 33.8 Å². The average Bonchev–Trinajstić information content (AvgIpc) is 2.22. The van der Waals surface area contributed by atoms with Gasteiger partial charge in [0, 0.05) is 6.42 Å². The van der Waals surface area contributed by atoms with Crippen molar-refractivity contribution >= 4 is 11.9 Å². The summed E-state index contributed by atoms with van der Waals surface area (Å²) in [6.07, 6.45) is 1.41. The van der Waals surface area contributed by atoms with Crippen molar-refractivity contribution in [3.63, 3.8) is 0 Å². The number of hydrogen-bond donors (Lipinski definition) is 1. The molecule has 0 atom stereocenters. The average molecular weight is 260 g/mol. The Hall–Kier alpha value is -1.10. The smallest absolute Gasteiger partial charge is 0.359 e. The van der Waals surface area contributed by atoms with Gasteiger partial charge in [0.1, 0.15) is 0 Å². The van der Waals surface area contributed by atoms with Crippen LogP contribution in [-0.4, -0.2) is 55.3 Å². The van der Waals surface area contributed by atoms with Crippen LogP contribution in [0.15, 0.2) is 0 Å². The molecule has 0 fully saturated rings. The number of quaternary nitrogens is 1. The van der Waals surface area contributed by atoms with Crippen molar-refractivity contribution in [2.45, 2.75) is 33.6 Å². The summed E-state index contributed by atoms with van der Waals surface area (Å²) in [6, 6.07) is 0. The SMILES string of the molecule is CCC(C)(C)C(=O)OCCC[N+](C)(C)CC(=O)O. The molecule has 0 amide bonds. The van der Waals surface area contributed by atoms with Gasteiger partial charge in [-0.1, -0.05) is 6.92 Å². The fraction of sp³-hybridized carbons (Fsp3) is 0.846. The topological polar surface area (TPSA) is 63.6 Å². The number of aliphatic carboxylic acids is 1.